The number of fused-ring (bicyclic) bond motifs is 2. The van der Waals surface area contributed by atoms with Gasteiger partial charge in [-0.15, -0.1) is 0 Å². The normalized spacial score (nSPS) is 15.9. The Kier molecular flexibility index (Phi) is 6.28. The average Bonchev–Trinajstić information content (AvgIpc) is 3.16. The van der Waals surface area contributed by atoms with Crippen LogP contribution in [0.5, 0.6) is 11.5 Å². The molecule has 0 N–H and O–H groups in total. The molecule has 35 heavy (non-hydrogen) atoms. The van der Waals surface area contributed by atoms with Gasteiger partial charge in [0.25, 0.3) is 0 Å². The van der Waals surface area contributed by atoms with Crippen molar-refractivity contribution in [3.63, 3.8) is 0 Å². The summed E-state index contributed by atoms with van der Waals surface area (Å²) in [6, 6.07) is 14.0. The zero-order valence-electron chi connectivity index (χ0n) is 19.1. The molecule has 0 radical (unpaired) electrons. The molecule has 2 heterocycles. The second-order valence-electron chi connectivity index (χ2n) is 8.42. The summed E-state index contributed by atoms with van der Waals surface area (Å²) in [6.45, 7) is 3.46. The molecule has 8 heteroatoms. The minimum absolute atomic E-state index is 0.194. The summed E-state index contributed by atoms with van der Waals surface area (Å²) in [5, 5.41) is 1.19. The Morgan fingerprint density at radius 1 is 1.11 bits per heavy atom. The number of ether oxygens (including phenoxy) is 3. The number of ketones is 1. The highest BCUT2D eigenvalue weighted by Gasteiger charge is 2.33. The van der Waals surface area contributed by atoms with Gasteiger partial charge in [-0.25, -0.2) is 4.79 Å². The minimum Gasteiger partial charge on any atom is -0.477 e. The van der Waals surface area contributed by atoms with Crippen LogP contribution in [-0.2, 0) is 17.8 Å². The van der Waals surface area contributed by atoms with Crippen LogP contribution in [0, 0.1) is 6.92 Å². The number of rotatable bonds is 4. The number of benzene rings is 3. The van der Waals surface area contributed by atoms with Crippen LogP contribution in [0.4, 0.5) is 0 Å². The van der Waals surface area contributed by atoms with E-state index in [0.29, 0.717) is 46.7 Å². The quantitative estimate of drug-likeness (QED) is 0.314. The number of nitrogens with zero attached hydrogens (tertiary/aromatic N) is 1. The maximum atomic E-state index is 13.2. The van der Waals surface area contributed by atoms with Crippen molar-refractivity contribution in [2.45, 2.75) is 20.0 Å². The topological polar surface area (TPSA) is 65.1 Å². The van der Waals surface area contributed by atoms with E-state index in [0.717, 1.165) is 28.0 Å². The molecular formula is C27H21Cl2NO5. The van der Waals surface area contributed by atoms with E-state index in [1.54, 1.807) is 36.4 Å². The number of allylic oxidation sites excluding steroid dienone is 1. The Labute approximate surface area is 212 Å². The maximum Gasteiger partial charge on any atom is 0.337 e. The van der Waals surface area contributed by atoms with Crippen molar-refractivity contribution in [1.29, 1.82) is 0 Å². The van der Waals surface area contributed by atoms with Gasteiger partial charge in [-0.1, -0.05) is 41.4 Å². The first kappa shape index (κ1) is 23.4. The molecule has 178 valence electrons. The Bertz CT molecular complexity index is 1380. The van der Waals surface area contributed by atoms with Crippen molar-refractivity contribution in [3.05, 3.63) is 97.7 Å². The Balaban J connectivity index is 1.38. The van der Waals surface area contributed by atoms with Gasteiger partial charge in [0, 0.05) is 34.3 Å². The lowest BCUT2D eigenvalue weighted by atomic mass is 9.99. The Morgan fingerprint density at radius 2 is 1.89 bits per heavy atom. The zero-order chi connectivity index (χ0) is 24.7. The first-order chi connectivity index (χ1) is 16.8. The smallest absolute Gasteiger partial charge is 0.337 e. The molecule has 3 aromatic rings. The SMILES string of the molecule is COC(=O)c1ccc(/C=C2\Oc3c(cc4c(c3C)OCN(Cc3ccc(Cl)cc3Cl)C4)C2=O)cc1. The van der Waals surface area contributed by atoms with Crippen molar-refractivity contribution in [2.24, 2.45) is 0 Å². The number of hydrogen-bond acceptors (Lipinski definition) is 6. The molecule has 0 atom stereocenters. The molecule has 0 saturated heterocycles. The first-order valence-corrected chi connectivity index (χ1v) is 11.7. The summed E-state index contributed by atoms with van der Waals surface area (Å²) in [6.07, 6.45) is 1.66. The second-order valence-corrected chi connectivity index (χ2v) is 9.26. The molecule has 0 spiro atoms. The van der Waals surface area contributed by atoms with E-state index in [-0.39, 0.29) is 11.5 Å². The van der Waals surface area contributed by atoms with E-state index in [1.165, 1.54) is 7.11 Å². The number of hydrogen-bond donors (Lipinski definition) is 0. The zero-order valence-corrected chi connectivity index (χ0v) is 20.6. The second kappa shape index (κ2) is 9.38. The van der Waals surface area contributed by atoms with Gasteiger partial charge in [0.05, 0.1) is 18.2 Å². The van der Waals surface area contributed by atoms with E-state index >= 15 is 0 Å². The summed E-state index contributed by atoms with van der Waals surface area (Å²) in [7, 11) is 1.33. The fourth-order valence-corrected chi connectivity index (χ4v) is 4.74. The molecule has 0 saturated carbocycles. The van der Waals surface area contributed by atoms with Gasteiger partial charge in [-0.2, -0.15) is 0 Å². The largest absolute Gasteiger partial charge is 0.477 e. The maximum absolute atomic E-state index is 13.2. The van der Waals surface area contributed by atoms with Crippen molar-refractivity contribution < 1.29 is 23.8 Å². The van der Waals surface area contributed by atoms with Crippen LogP contribution in [0.25, 0.3) is 6.08 Å². The van der Waals surface area contributed by atoms with Crippen LogP contribution >= 0.6 is 23.2 Å². The van der Waals surface area contributed by atoms with Crippen LogP contribution in [0.1, 0.15) is 43.0 Å². The number of methoxy groups -OCH3 is 1. The van der Waals surface area contributed by atoms with Gasteiger partial charge < -0.3 is 14.2 Å². The van der Waals surface area contributed by atoms with E-state index in [4.69, 9.17) is 37.4 Å². The minimum atomic E-state index is -0.418. The third-order valence-electron chi connectivity index (χ3n) is 6.04. The van der Waals surface area contributed by atoms with Crippen LogP contribution < -0.4 is 9.47 Å². The third-order valence-corrected chi connectivity index (χ3v) is 6.63. The van der Waals surface area contributed by atoms with E-state index in [1.807, 2.05) is 25.1 Å². The first-order valence-electron chi connectivity index (χ1n) is 10.9. The molecule has 6 nitrogen and oxygen atoms in total. The van der Waals surface area contributed by atoms with Crippen LogP contribution in [0.2, 0.25) is 10.0 Å². The molecule has 0 aromatic heterocycles. The predicted octanol–water partition coefficient (Wildman–Crippen LogP) is 6.06. The van der Waals surface area contributed by atoms with E-state index in [2.05, 4.69) is 4.90 Å². The molecule has 3 aromatic carbocycles. The Hall–Kier alpha value is -3.32. The van der Waals surface area contributed by atoms with Crippen molar-refractivity contribution >= 4 is 41.0 Å². The monoisotopic (exact) mass is 509 g/mol. The Morgan fingerprint density at radius 3 is 2.60 bits per heavy atom. The van der Waals surface area contributed by atoms with E-state index in [9.17, 15) is 9.59 Å². The molecular weight excluding hydrogens is 489 g/mol. The fourth-order valence-electron chi connectivity index (χ4n) is 4.27. The molecule has 0 amide bonds. The summed E-state index contributed by atoms with van der Waals surface area (Å²) >= 11 is 12.4. The third kappa shape index (κ3) is 4.52. The average molecular weight is 510 g/mol. The summed E-state index contributed by atoms with van der Waals surface area (Å²) in [5.74, 6) is 0.860. The molecule has 0 fully saturated rings. The van der Waals surface area contributed by atoms with Crippen LogP contribution in [-0.4, -0.2) is 30.5 Å². The number of halogens is 2. The lowest BCUT2D eigenvalue weighted by molar-refractivity contribution is 0.0600. The van der Waals surface area contributed by atoms with Gasteiger partial charge >= 0.3 is 5.97 Å². The molecule has 2 aliphatic rings. The highest BCUT2D eigenvalue weighted by molar-refractivity contribution is 6.35. The molecule has 0 unspecified atom stereocenters. The summed E-state index contributed by atoms with van der Waals surface area (Å²) in [4.78, 5) is 26.9. The highest BCUT2D eigenvalue weighted by atomic mass is 35.5. The van der Waals surface area contributed by atoms with Crippen molar-refractivity contribution in [2.75, 3.05) is 13.8 Å². The van der Waals surface area contributed by atoms with Gasteiger partial charge in [-0.05, 0) is 54.5 Å². The highest BCUT2D eigenvalue weighted by Crippen LogP contribution is 2.43. The molecule has 0 bridgehead atoms. The fraction of sp³-hybridized carbons (Fsp3) is 0.185. The number of esters is 1. The van der Waals surface area contributed by atoms with Gasteiger partial charge in [-0.3, -0.25) is 9.69 Å². The number of carbonyl (C=O) groups is 2. The standard InChI is InChI=1S/C27H21Cl2NO5/c1-15-25-19(13-30(14-34-25)12-18-7-8-20(28)11-22(18)29)10-21-24(31)23(35-26(15)21)9-16-3-5-17(6-4-16)27(32)33-2/h3-11H,12-14H2,1-2H3/b23-9-. The number of Topliss-reactive ketones (excluding diaryl/α,β-unsaturated/α-hetero) is 1. The van der Waals surface area contributed by atoms with Crippen molar-refractivity contribution in [1.82, 2.24) is 4.90 Å². The predicted molar refractivity (Wildman–Crippen MR) is 133 cm³/mol. The lowest BCUT2D eigenvalue weighted by Crippen LogP contribution is -2.32. The lowest BCUT2D eigenvalue weighted by Gasteiger charge is -2.30. The van der Waals surface area contributed by atoms with Crippen LogP contribution in [0.15, 0.2) is 54.3 Å². The summed E-state index contributed by atoms with van der Waals surface area (Å²) < 4.78 is 16.8. The van der Waals surface area contributed by atoms with E-state index < -0.39 is 5.97 Å². The summed E-state index contributed by atoms with van der Waals surface area (Å²) in [5.41, 5.74) is 4.33. The van der Waals surface area contributed by atoms with Crippen LogP contribution in [0.3, 0.4) is 0 Å². The molecule has 5 rings (SSSR count). The van der Waals surface area contributed by atoms with Gasteiger partial charge in [0.2, 0.25) is 5.78 Å². The van der Waals surface area contributed by atoms with Crippen molar-refractivity contribution in [3.8, 4) is 11.5 Å². The van der Waals surface area contributed by atoms with Gasteiger partial charge in [0.1, 0.15) is 18.2 Å². The molecule has 2 aliphatic heterocycles. The molecule has 0 aliphatic carbocycles. The van der Waals surface area contributed by atoms with Gasteiger partial charge in [0.15, 0.2) is 5.76 Å². The number of carbonyl (C=O) groups excluding carboxylic acids is 2.